The summed E-state index contributed by atoms with van der Waals surface area (Å²) >= 11 is 0. The lowest BCUT2D eigenvalue weighted by Gasteiger charge is -2.18. The van der Waals surface area contributed by atoms with Crippen LogP contribution in [0.1, 0.15) is 15.9 Å². The van der Waals surface area contributed by atoms with E-state index in [0.717, 1.165) is 27.6 Å². The summed E-state index contributed by atoms with van der Waals surface area (Å²) in [4.78, 5) is 11.6. The van der Waals surface area contributed by atoms with Gasteiger partial charge in [-0.05, 0) is 17.7 Å². The van der Waals surface area contributed by atoms with Gasteiger partial charge in [-0.15, -0.1) is 0 Å². The van der Waals surface area contributed by atoms with Crippen LogP contribution in [-0.2, 0) is 6.54 Å². The Kier molecular flexibility index (Phi) is 1.51. The van der Waals surface area contributed by atoms with Crippen LogP contribution in [0.15, 0.2) is 30.3 Å². The maximum Gasteiger partial charge on any atom is 0.252 e. The molecule has 2 aromatic carbocycles. The lowest BCUT2D eigenvalue weighted by molar-refractivity contribution is 0.0949. The van der Waals surface area contributed by atoms with E-state index in [1.165, 1.54) is 0 Å². The Hall–Kier alpha value is -2.03. The highest BCUT2D eigenvalue weighted by molar-refractivity contribution is 6.12. The standard InChI is InChI=1S/C12H10N2O/c13-10-5-4-7-6-14-12(15)9-3-1-2-8(10)11(7)9/h1-5H,6,13H2,(H,14,15). The van der Waals surface area contributed by atoms with Gasteiger partial charge in [-0.1, -0.05) is 18.2 Å². The lowest BCUT2D eigenvalue weighted by Crippen LogP contribution is -2.27. The van der Waals surface area contributed by atoms with Crippen LogP contribution in [0.2, 0.25) is 0 Å². The van der Waals surface area contributed by atoms with Crippen LogP contribution < -0.4 is 11.1 Å². The van der Waals surface area contributed by atoms with Gasteiger partial charge in [0.15, 0.2) is 0 Å². The first-order chi connectivity index (χ1) is 7.27. The fourth-order valence-corrected chi connectivity index (χ4v) is 2.11. The Bertz CT molecular complexity index is 575. The molecule has 3 rings (SSSR count). The minimum absolute atomic E-state index is 0.0151. The second kappa shape index (κ2) is 2.73. The van der Waals surface area contributed by atoms with Crippen LogP contribution in [0.3, 0.4) is 0 Å². The third-order valence-electron chi connectivity index (χ3n) is 2.84. The van der Waals surface area contributed by atoms with Crippen molar-refractivity contribution in [3.8, 4) is 0 Å². The highest BCUT2D eigenvalue weighted by Crippen LogP contribution is 2.29. The quantitative estimate of drug-likeness (QED) is 0.632. The third-order valence-corrected chi connectivity index (χ3v) is 2.84. The minimum Gasteiger partial charge on any atom is -0.398 e. The zero-order valence-electron chi connectivity index (χ0n) is 8.08. The maximum absolute atomic E-state index is 11.6. The molecule has 1 heterocycles. The van der Waals surface area contributed by atoms with Crippen LogP contribution in [0.25, 0.3) is 10.8 Å². The first-order valence-corrected chi connectivity index (χ1v) is 4.85. The zero-order chi connectivity index (χ0) is 10.4. The summed E-state index contributed by atoms with van der Waals surface area (Å²) in [6.45, 7) is 0.590. The van der Waals surface area contributed by atoms with Crippen molar-refractivity contribution in [2.24, 2.45) is 0 Å². The second-order valence-electron chi connectivity index (χ2n) is 3.72. The van der Waals surface area contributed by atoms with Crippen molar-refractivity contribution in [1.82, 2.24) is 5.32 Å². The number of benzene rings is 2. The predicted octanol–water partition coefficient (Wildman–Crippen LogP) is 1.67. The van der Waals surface area contributed by atoms with Gasteiger partial charge < -0.3 is 11.1 Å². The average molecular weight is 198 g/mol. The largest absolute Gasteiger partial charge is 0.398 e. The predicted molar refractivity (Wildman–Crippen MR) is 59.5 cm³/mol. The fourth-order valence-electron chi connectivity index (χ4n) is 2.11. The minimum atomic E-state index is -0.0151. The second-order valence-corrected chi connectivity index (χ2v) is 3.72. The van der Waals surface area contributed by atoms with Gasteiger partial charge in [0.2, 0.25) is 0 Å². The highest BCUT2D eigenvalue weighted by Gasteiger charge is 2.18. The van der Waals surface area contributed by atoms with Crippen LogP contribution in [-0.4, -0.2) is 5.91 Å². The molecule has 0 atom stereocenters. The molecule has 0 aliphatic carbocycles. The number of hydrogen-bond acceptors (Lipinski definition) is 2. The van der Waals surface area contributed by atoms with Crippen molar-refractivity contribution in [3.05, 3.63) is 41.5 Å². The molecule has 15 heavy (non-hydrogen) atoms. The Balaban J connectivity index is 2.53. The van der Waals surface area contributed by atoms with Gasteiger partial charge in [0.1, 0.15) is 0 Å². The third kappa shape index (κ3) is 1.03. The molecule has 0 bridgehead atoms. The number of amides is 1. The Morgan fingerprint density at radius 3 is 2.93 bits per heavy atom. The van der Waals surface area contributed by atoms with Gasteiger partial charge >= 0.3 is 0 Å². The van der Waals surface area contributed by atoms with E-state index in [2.05, 4.69) is 5.32 Å². The monoisotopic (exact) mass is 198 g/mol. The molecule has 0 spiro atoms. The number of hydrogen-bond donors (Lipinski definition) is 2. The number of nitrogens with two attached hydrogens (primary N) is 1. The van der Waals surface area contributed by atoms with Crippen LogP contribution in [0.4, 0.5) is 5.69 Å². The molecule has 0 aromatic heterocycles. The van der Waals surface area contributed by atoms with Crippen molar-refractivity contribution < 1.29 is 4.79 Å². The van der Waals surface area contributed by atoms with Crippen LogP contribution in [0, 0.1) is 0 Å². The van der Waals surface area contributed by atoms with Gasteiger partial charge in [-0.2, -0.15) is 0 Å². The molecule has 3 heteroatoms. The van der Waals surface area contributed by atoms with E-state index in [4.69, 9.17) is 5.73 Å². The molecule has 0 fully saturated rings. The van der Waals surface area contributed by atoms with E-state index in [1.807, 2.05) is 30.3 Å². The smallest absolute Gasteiger partial charge is 0.252 e. The van der Waals surface area contributed by atoms with E-state index in [0.29, 0.717) is 6.54 Å². The summed E-state index contributed by atoms with van der Waals surface area (Å²) < 4.78 is 0. The SMILES string of the molecule is Nc1ccc2c3c(cccc13)C(=O)NC2. The molecule has 0 radical (unpaired) electrons. The van der Waals surface area contributed by atoms with Gasteiger partial charge in [0.05, 0.1) is 0 Å². The Morgan fingerprint density at radius 1 is 1.20 bits per heavy atom. The lowest BCUT2D eigenvalue weighted by atomic mass is 9.95. The zero-order valence-corrected chi connectivity index (χ0v) is 8.08. The van der Waals surface area contributed by atoms with E-state index in [-0.39, 0.29) is 5.91 Å². The number of rotatable bonds is 0. The van der Waals surface area contributed by atoms with Crippen molar-refractivity contribution in [3.63, 3.8) is 0 Å². The van der Waals surface area contributed by atoms with E-state index >= 15 is 0 Å². The molecule has 3 nitrogen and oxygen atoms in total. The number of nitrogens with one attached hydrogen (secondary N) is 1. The molecule has 1 aliphatic heterocycles. The Labute approximate surface area is 86.9 Å². The van der Waals surface area contributed by atoms with Crippen LogP contribution >= 0.6 is 0 Å². The van der Waals surface area contributed by atoms with Crippen LogP contribution in [0.5, 0.6) is 0 Å². The van der Waals surface area contributed by atoms with Gasteiger partial charge in [0.25, 0.3) is 5.91 Å². The summed E-state index contributed by atoms with van der Waals surface area (Å²) in [5.74, 6) is -0.0151. The molecular weight excluding hydrogens is 188 g/mol. The maximum atomic E-state index is 11.6. The molecule has 1 amide bonds. The molecule has 3 N–H and O–H groups in total. The number of carbonyl (C=O) groups is 1. The number of anilines is 1. The summed E-state index contributed by atoms with van der Waals surface area (Å²) in [6, 6.07) is 9.51. The molecule has 0 saturated heterocycles. The number of nitrogen functional groups attached to an aromatic ring is 1. The van der Waals surface area contributed by atoms with Crippen molar-refractivity contribution >= 4 is 22.4 Å². The summed E-state index contributed by atoms with van der Waals surface area (Å²) in [7, 11) is 0. The summed E-state index contributed by atoms with van der Waals surface area (Å²) in [5, 5.41) is 4.81. The fraction of sp³-hybridized carbons (Fsp3) is 0.0833. The molecular formula is C12H10N2O. The Morgan fingerprint density at radius 2 is 2.07 bits per heavy atom. The van der Waals surface area contributed by atoms with Crippen molar-refractivity contribution in [2.45, 2.75) is 6.54 Å². The van der Waals surface area contributed by atoms with Crippen molar-refractivity contribution in [1.29, 1.82) is 0 Å². The number of carbonyl (C=O) groups excluding carboxylic acids is 1. The van der Waals surface area contributed by atoms with Gasteiger partial charge in [-0.3, -0.25) is 4.79 Å². The summed E-state index contributed by atoms with van der Waals surface area (Å²) in [5.41, 5.74) is 8.47. The average Bonchev–Trinajstić information content (AvgIpc) is 2.27. The van der Waals surface area contributed by atoms with E-state index in [9.17, 15) is 4.79 Å². The first-order valence-electron chi connectivity index (χ1n) is 4.85. The molecule has 0 unspecified atom stereocenters. The molecule has 74 valence electrons. The molecule has 2 aromatic rings. The molecule has 0 saturated carbocycles. The summed E-state index contributed by atoms with van der Waals surface area (Å²) in [6.07, 6.45) is 0. The van der Waals surface area contributed by atoms with E-state index in [1.54, 1.807) is 0 Å². The van der Waals surface area contributed by atoms with Crippen molar-refractivity contribution in [2.75, 3.05) is 5.73 Å². The highest BCUT2D eigenvalue weighted by atomic mass is 16.1. The van der Waals surface area contributed by atoms with Gasteiger partial charge in [-0.25, -0.2) is 0 Å². The first kappa shape index (κ1) is 8.29. The van der Waals surface area contributed by atoms with Gasteiger partial charge in [0, 0.05) is 28.6 Å². The van der Waals surface area contributed by atoms with E-state index < -0.39 is 0 Å². The molecule has 1 aliphatic rings. The topological polar surface area (TPSA) is 55.1 Å². The normalized spacial score (nSPS) is 14.0.